The molecule has 1 saturated heterocycles. The van der Waals surface area contributed by atoms with Crippen molar-refractivity contribution in [3.05, 3.63) is 66.0 Å². The summed E-state index contributed by atoms with van der Waals surface area (Å²) in [6.45, 7) is 2.84. The van der Waals surface area contributed by atoms with Gasteiger partial charge in [-0.3, -0.25) is 9.36 Å². The van der Waals surface area contributed by atoms with Gasteiger partial charge in [-0.15, -0.1) is 10.2 Å². The lowest BCUT2D eigenvalue weighted by atomic mass is 10.2. The molecule has 0 aliphatic carbocycles. The first-order chi connectivity index (χ1) is 14.2. The van der Waals surface area contributed by atoms with E-state index >= 15 is 0 Å². The Balaban J connectivity index is 1.59. The minimum atomic E-state index is -0.352. The Kier molecular flexibility index (Phi) is 6.21. The number of aromatic nitrogens is 3. The fourth-order valence-electron chi connectivity index (χ4n) is 3.18. The smallest absolute Gasteiger partial charge is 0.233 e. The number of rotatable bonds is 6. The van der Waals surface area contributed by atoms with E-state index in [0.29, 0.717) is 49.4 Å². The number of thioether (sulfide) groups is 1. The maximum atomic E-state index is 14.4. The summed E-state index contributed by atoms with van der Waals surface area (Å²) in [7, 11) is 0. The van der Waals surface area contributed by atoms with Crippen molar-refractivity contribution in [2.75, 3.05) is 32.1 Å². The third-order valence-corrected chi connectivity index (χ3v) is 5.66. The van der Waals surface area contributed by atoms with Crippen LogP contribution in [0.3, 0.4) is 0 Å². The summed E-state index contributed by atoms with van der Waals surface area (Å²) in [6, 6.07) is 16.4. The van der Waals surface area contributed by atoms with Crippen molar-refractivity contribution in [1.82, 2.24) is 19.7 Å². The normalized spacial score (nSPS) is 14.2. The number of morpholine rings is 1. The molecular formula is C21H21FN4O2S. The second kappa shape index (κ2) is 9.19. The molecule has 0 radical (unpaired) electrons. The molecule has 8 heteroatoms. The number of carbonyl (C=O) groups is 1. The number of hydrogen-bond donors (Lipinski definition) is 0. The minimum Gasteiger partial charge on any atom is -0.378 e. The molecule has 150 valence electrons. The van der Waals surface area contributed by atoms with Crippen LogP contribution in [-0.4, -0.2) is 57.6 Å². The van der Waals surface area contributed by atoms with E-state index in [0.717, 1.165) is 5.56 Å². The Bertz CT molecular complexity index is 974. The Morgan fingerprint density at radius 2 is 1.76 bits per heavy atom. The quantitative estimate of drug-likeness (QED) is 0.583. The predicted octanol–water partition coefficient (Wildman–Crippen LogP) is 3.08. The van der Waals surface area contributed by atoms with Gasteiger partial charge in [0.2, 0.25) is 5.91 Å². The van der Waals surface area contributed by atoms with Gasteiger partial charge in [-0.25, -0.2) is 4.39 Å². The topological polar surface area (TPSA) is 60.2 Å². The van der Waals surface area contributed by atoms with E-state index in [1.807, 2.05) is 34.9 Å². The van der Waals surface area contributed by atoms with Crippen molar-refractivity contribution in [2.24, 2.45) is 0 Å². The fourth-order valence-corrected chi connectivity index (χ4v) is 4.02. The third-order valence-electron chi connectivity index (χ3n) is 4.70. The van der Waals surface area contributed by atoms with Gasteiger partial charge in [-0.05, 0) is 17.7 Å². The zero-order chi connectivity index (χ0) is 20.1. The third kappa shape index (κ3) is 4.65. The summed E-state index contributed by atoms with van der Waals surface area (Å²) in [5, 5.41) is 9.09. The molecular weight excluding hydrogens is 391 g/mol. The molecule has 1 aliphatic rings. The summed E-state index contributed by atoms with van der Waals surface area (Å²) in [5.74, 6) is 0.396. The highest BCUT2D eigenvalue weighted by molar-refractivity contribution is 7.99. The highest BCUT2D eigenvalue weighted by atomic mass is 32.2. The highest BCUT2D eigenvalue weighted by Crippen LogP contribution is 2.27. The lowest BCUT2D eigenvalue weighted by Crippen LogP contribution is -2.41. The Morgan fingerprint density at radius 1 is 1.03 bits per heavy atom. The molecule has 4 rings (SSSR count). The zero-order valence-corrected chi connectivity index (χ0v) is 16.6. The van der Waals surface area contributed by atoms with Gasteiger partial charge >= 0.3 is 0 Å². The van der Waals surface area contributed by atoms with E-state index in [2.05, 4.69) is 10.2 Å². The maximum Gasteiger partial charge on any atom is 0.233 e. The van der Waals surface area contributed by atoms with Crippen molar-refractivity contribution >= 4 is 17.7 Å². The molecule has 2 heterocycles. The second-order valence-corrected chi connectivity index (χ2v) is 7.58. The van der Waals surface area contributed by atoms with Crippen LogP contribution in [0, 0.1) is 5.82 Å². The molecule has 0 unspecified atom stereocenters. The number of nitrogens with zero attached hydrogens (tertiary/aromatic N) is 4. The molecule has 0 spiro atoms. The van der Waals surface area contributed by atoms with Gasteiger partial charge in [0.25, 0.3) is 0 Å². The lowest BCUT2D eigenvalue weighted by Gasteiger charge is -2.26. The molecule has 1 amide bonds. The fraction of sp³-hybridized carbons (Fsp3) is 0.286. The van der Waals surface area contributed by atoms with E-state index in [-0.39, 0.29) is 17.5 Å². The molecule has 1 aliphatic heterocycles. The van der Waals surface area contributed by atoms with Crippen LogP contribution in [-0.2, 0) is 16.1 Å². The molecule has 0 atom stereocenters. The highest BCUT2D eigenvalue weighted by Gasteiger charge is 2.21. The van der Waals surface area contributed by atoms with Crippen LogP contribution in [0.2, 0.25) is 0 Å². The predicted molar refractivity (Wildman–Crippen MR) is 109 cm³/mol. The molecule has 3 aromatic rings. The van der Waals surface area contributed by atoms with Crippen molar-refractivity contribution < 1.29 is 13.9 Å². The van der Waals surface area contributed by atoms with E-state index in [1.54, 1.807) is 23.1 Å². The summed E-state index contributed by atoms with van der Waals surface area (Å²) in [5.41, 5.74) is 1.44. The molecule has 29 heavy (non-hydrogen) atoms. The van der Waals surface area contributed by atoms with Gasteiger partial charge in [0.15, 0.2) is 11.0 Å². The molecule has 1 fully saturated rings. The first-order valence-corrected chi connectivity index (χ1v) is 10.4. The standard InChI is InChI=1S/C21H21FN4O2S/c22-18-9-5-4-8-17(18)20-23-24-21(26(20)14-16-6-2-1-3-7-16)29-15-19(27)25-10-12-28-13-11-25/h1-9H,10-15H2. The van der Waals surface area contributed by atoms with Crippen molar-refractivity contribution in [1.29, 1.82) is 0 Å². The minimum absolute atomic E-state index is 0.0417. The van der Waals surface area contributed by atoms with Crippen LogP contribution in [0.5, 0.6) is 0 Å². The maximum absolute atomic E-state index is 14.4. The largest absolute Gasteiger partial charge is 0.378 e. The number of halogens is 1. The van der Waals surface area contributed by atoms with Crippen molar-refractivity contribution in [3.8, 4) is 11.4 Å². The average molecular weight is 412 g/mol. The van der Waals surface area contributed by atoms with Gasteiger partial charge in [-0.2, -0.15) is 0 Å². The number of hydrogen-bond acceptors (Lipinski definition) is 5. The first kappa shape index (κ1) is 19.6. The zero-order valence-electron chi connectivity index (χ0n) is 15.8. The van der Waals surface area contributed by atoms with Crippen LogP contribution < -0.4 is 0 Å². The van der Waals surface area contributed by atoms with Crippen LogP contribution in [0.4, 0.5) is 4.39 Å². The SMILES string of the molecule is O=C(CSc1nnc(-c2ccccc2F)n1Cc1ccccc1)N1CCOCC1. The van der Waals surface area contributed by atoms with Gasteiger partial charge < -0.3 is 9.64 Å². The van der Waals surface area contributed by atoms with Gasteiger partial charge in [0.1, 0.15) is 5.82 Å². The van der Waals surface area contributed by atoms with Gasteiger partial charge in [0.05, 0.1) is 31.1 Å². The van der Waals surface area contributed by atoms with Gasteiger partial charge in [0, 0.05) is 13.1 Å². The number of benzene rings is 2. The number of carbonyl (C=O) groups excluding carboxylic acids is 1. The van der Waals surface area contributed by atoms with Crippen LogP contribution in [0.15, 0.2) is 59.8 Å². The Morgan fingerprint density at radius 3 is 2.52 bits per heavy atom. The monoisotopic (exact) mass is 412 g/mol. The molecule has 0 bridgehead atoms. The van der Waals surface area contributed by atoms with Crippen LogP contribution >= 0.6 is 11.8 Å². The summed E-state index contributed by atoms with van der Waals surface area (Å²) < 4.78 is 21.6. The Hall–Kier alpha value is -2.71. The van der Waals surface area contributed by atoms with E-state index < -0.39 is 0 Å². The van der Waals surface area contributed by atoms with Crippen molar-refractivity contribution in [2.45, 2.75) is 11.7 Å². The average Bonchev–Trinajstić information content (AvgIpc) is 3.16. The van der Waals surface area contributed by atoms with Crippen LogP contribution in [0.25, 0.3) is 11.4 Å². The van der Waals surface area contributed by atoms with E-state index in [4.69, 9.17) is 4.74 Å². The lowest BCUT2D eigenvalue weighted by molar-refractivity contribution is -0.132. The number of ether oxygens (including phenoxy) is 1. The molecule has 0 N–H and O–H groups in total. The molecule has 0 saturated carbocycles. The second-order valence-electron chi connectivity index (χ2n) is 6.64. The summed E-state index contributed by atoms with van der Waals surface area (Å²) in [4.78, 5) is 14.3. The summed E-state index contributed by atoms with van der Waals surface area (Å²) >= 11 is 1.32. The van der Waals surface area contributed by atoms with Crippen molar-refractivity contribution in [3.63, 3.8) is 0 Å². The molecule has 1 aromatic heterocycles. The van der Waals surface area contributed by atoms with Crippen LogP contribution in [0.1, 0.15) is 5.56 Å². The Labute approximate surface area is 172 Å². The number of amides is 1. The first-order valence-electron chi connectivity index (χ1n) is 9.43. The van der Waals surface area contributed by atoms with E-state index in [1.165, 1.54) is 17.8 Å². The summed E-state index contributed by atoms with van der Waals surface area (Å²) in [6.07, 6.45) is 0. The molecule has 6 nitrogen and oxygen atoms in total. The van der Waals surface area contributed by atoms with E-state index in [9.17, 15) is 9.18 Å². The molecule has 2 aromatic carbocycles. The van der Waals surface area contributed by atoms with Gasteiger partial charge in [-0.1, -0.05) is 54.2 Å².